The number of rotatable bonds is 2. The summed E-state index contributed by atoms with van der Waals surface area (Å²) in [5.41, 5.74) is 2.45. The molecule has 0 amide bonds. The normalized spacial score (nSPS) is 10.6. The van der Waals surface area contributed by atoms with Crippen molar-refractivity contribution in [1.29, 1.82) is 0 Å². The van der Waals surface area contributed by atoms with Crippen molar-refractivity contribution >= 4 is 32.7 Å². The first-order valence-electron chi connectivity index (χ1n) is 4.58. The zero-order chi connectivity index (χ0) is 12.5. The van der Waals surface area contributed by atoms with Crippen molar-refractivity contribution in [2.45, 2.75) is 20.8 Å². The molecule has 1 aromatic rings. The number of phosphoric ester groups is 1. The van der Waals surface area contributed by atoms with Crippen LogP contribution in [0.5, 0.6) is 0 Å². The van der Waals surface area contributed by atoms with E-state index in [9.17, 15) is 9.36 Å². The summed E-state index contributed by atoms with van der Waals surface area (Å²) in [7, 11) is -4.79. The van der Waals surface area contributed by atoms with Gasteiger partial charge in [-0.1, -0.05) is 17.7 Å². The monoisotopic (exact) mass is 254 g/mol. The molecule has 1 rings (SSSR count). The number of hydrogen-bond acceptors (Lipinski definition) is 3. The topological polar surface area (TPSA) is 83.8 Å². The fourth-order valence-electron chi connectivity index (χ4n) is 1.66. The third-order valence-corrected chi connectivity index (χ3v) is 2.49. The van der Waals surface area contributed by atoms with Gasteiger partial charge in [0.1, 0.15) is 0 Å². The van der Waals surface area contributed by atoms with Crippen LogP contribution in [0, 0.1) is 20.8 Å². The van der Waals surface area contributed by atoms with Gasteiger partial charge in [-0.25, -0.2) is 9.36 Å². The predicted octanol–water partition coefficient (Wildman–Crippen LogP) is 1.44. The molecule has 90 valence electrons. The van der Waals surface area contributed by atoms with Crippen LogP contribution in [0.2, 0.25) is 0 Å². The maximum absolute atomic E-state index is 11.5. The van der Waals surface area contributed by atoms with Crippen LogP contribution in [0.3, 0.4) is 0 Å². The molecule has 7 heteroatoms. The molecule has 0 saturated heterocycles. The van der Waals surface area contributed by atoms with Gasteiger partial charge in [0.05, 0.1) is 5.56 Å². The molecule has 2 N–H and O–H groups in total. The Hall–Kier alpha value is -0.563. The molecule has 0 spiro atoms. The van der Waals surface area contributed by atoms with Crippen LogP contribution < -0.4 is 0 Å². The summed E-state index contributed by atoms with van der Waals surface area (Å²) in [6.07, 6.45) is 0. The fourth-order valence-corrected chi connectivity index (χ4v) is 1.96. The first-order chi connectivity index (χ1) is 7.20. The van der Waals surface area contributed by atoms with Gasteiger partial charge in [-0.2, -0.15) is 0 Å². The maximum atomic E-state index is 11.5. The van der Waals surface area contributed by atoms with E-state index in [1.54, 1.807) is 26.0 Å². The number of benzene rings is 1. The van der Waals surface area contributed by atoms with Gasteiger partial charge >= 0.3 is 35.5 Å². The number of carbonyl (C=O) groups excluding carboxylic acids is 1. The summed E-state index contributed by atoms with van der Waals surface area (Å²) in [4.78, 5) is 28.6. The molecule has 0 aliphatic rings. The molecule has 0 atom stereocenters. The fraction of sp³-hybridized carbons (Fsp3) is 0.300. The first kappa shape index (κ1) is 16.4. The number of aryl methyl sites for hydroxylation is 3. The second kappa shape index (κ2) is 5.86. The number of carbonyl (C=O) groups is 1. The number of phosphoric acid groups is 1. The Bertz CT molecular complexity index is 466. The van der Waals surface area contributed by atoms with Crippen molar-refractivity contribution < 1.29 is 26.5 Å². The minimum atomic E-state index is -4.79. The van der Waals surface area contributed by atoms with E-state index < -0.39 is 13.8 Å². The predicted molar refractivity (Wildman–Crippen MR) is 67.5 cm³/mol. The van der Waals surface area contributed by atoms with E-state index in [1.165, 1.54) is 0 Å². The summed E-state index contributed by atoms with van der Waals surface area (Å²) in [6, 6.07) is 3.51. The van der Waals surface area contributed by atoms with E-state index in [2.05, 4.69) is 4.52 Å². The SMILES string of the molecule is Cc1cc(C)c(C(=O)OP(=O)(O)O)c(C)c1.[H+].[H+].[LiH]. The quantitative estimate of drug-likeness (QED) is 0.616. The van der Waals surface area contributed by atoms with Gasteiger partial charge in [0.15, 0.2) is 0 Å². The third kappa shape index (κ3) is 4.67. The molecule has 0 bridgehead atoms. The van der Waals surface area contributed by atoms with Crippen LogP contribution >= 0.6 is 7.82 Å². The first-order valence-corrected chi connectivity index (χ1v) is 6.11. The Morgan fingerprint density at radius 2 is 1.65 bits per heavy atom. The standard InChI is InChI=1S/C10H13O5P.Li.H/c1-6-4-7(2)9(8(3)5-6)10(11)15-16(12,13)14;;/h4-5H,1-3H3,(H2,12,13,14);;/p+2. The van der Waals surface area contributed by atoms with Crippen LogP contribution in [-0.2, 0) is 9.09 Å². The van der Waals surface area contributed by atoms with E-state index in [-0.39, 0.29) is 27.3 Å². The Morgan fingerprint density at radius 3 is 2.00 bits per heavy atom. The minimum absolute atomic E-state index is 0. The van der Waals surface area contributed by atoms with E-state index in [1.807, 2.05) is 6.92 Å². The van der Waals surface area contributed by atoms with Crippen molar-refractivity contribution in [3.05, 3.63) is 34.4 Å². The van der Waals surface area contributed by atoms with Gasteiger partial charge in [-0.05, 0) is 31.9 Å². The molecule has 0 aliphatic carbocycles. The van der Waals surface area contributed by atoms with Crippen LogP contribution in [0.1, 0.15) is 29.9 Å². The average molecular weight is 254 g/mol. The van der Waals surface area contributed by atoms with E-state index >= 15 is 0 Å². The molecule has 0 fully saturated rings. The Labute approximate surface area is 115 Å². The van der Waals surface area contributed by atoms with Gasteiger partial charge in [0.25, 0.3) is 0 Å². The van der Waals surface area contributed by atoms with E-state index in [0.717, 1.165) is 5.56 Å². The molecule has 0 radical (unpaired) electrons. The molecular formula is C10H16LiO5P+2. The van der Waals surface area contributed by atoms with Crippen LogP contribution in [0.15, 0.2) is 12.1 Å². The average Bonchev–Trinajstić information content (AvgIpc) is 1.96. The summed E-state index contributed by atoms with van der Waals surface area (Å²) in [5, 5.41) is 0. The molecule has 17 heavy (non-hydrogen) atoms. The van der Waals surface area contributed by atoms with Crippen LogP contribution in [-0.4, -0.2) is 34.6 Å². The van der Waals surface area contributed by atoms with Crippen molar-refractivity contribution in [3.63, 3.8) is 0 Å². The van der Waals surface area contributed by atoms with E-state index in [0.29, 0.717) is 11.1 Å². The van der Waals surface area contributed by atoms with Gasteiger partial charge in [-0.15, -0.1) is 0 Å². The van der Waals surface area contributed by atoms with Crippen molar-refractivity contribution in [2.75, 3.05) is 0 Å². The second-order valence-electron chi connectivity index (χ2n) is 3.64. The summed E-state index contributed by atoms with van der Waals surface area (Å²) in [5.74, 6) is -0.997. The van der Waals surface area contributed by atoms with Crippen LogP contribution in [0.4, 0.5) is 0 Å². The second-order valence-corrected chi connectivity index (χ2v) is 4.81. The molecule has 5 nitrogen and oxygen atoms in total. The molecular weight excluding hydrogens is 238 g/mol. The van der Waals surface area contributed by atoms with Crippen molar-refractivity contribution in [3.8, 4) is 0 Å². The molecule has 1 aromatic carbocycles. The van der Waals surface area contributed by atoms with Gasteiger partial charge in [0.2, 0.25) is 0 Å². The zero-order valence-corrected chi connectivity index (χ0v) is 10.1. The molecule has 0 heterocycles. The van der Waals surface area contributed by atoms with Gasteiger partial charge in [-0.3, -0.25) is 9.79 Å². The van der Waals surface area contributed by atoms with Gasteiger partial charge in [0, 0.05) is 0 Å². The molecule has 0 saturated carbocycles. The molecule has 0 unspecified atom stereocenters. The molecule has 0 aromatic heterocycles. The van der Waals surface area contributed by atoms with Crippen molar-refractivity contribution in [2.24, 2.45) is 0 Å². The molecule has 0 aliphatic heterocycles. The summed E-state index contributed by atoms with van der Waals surface area (Å²) >= 11 is 0. The Morgan fingerprint density at radius 1 is 1.24 bits per heavy atom. The van der Waals surface area contributed by atoms with Gasteiger partial charge < -0.3 is 4.52 Å². The third-order valence-electron chi connectivity index (χ3n) is 2.08. The van der Waals surface area contributed by atoms with E-state index in [4.69, 9.17) is 9.79 Å². The number of hydrogen-bond donors (Lipinski definition) is 2. The summed E-state index contributed by atoms with van der Waals surface area (Å²) < 4.78 is 14.6. The van der Waals surface area contributed by atoms with Crippen molar-refractivity contribution in [1.82, 2.24) is 0 Å². The van der Waals surface area contributed by atoms with Crippen LogP contribution in [0.25, 0.3) is 0 Å². The Balaban J connectivity index is -0.000000853. The Kier molecular flexibility index (Phi) is 5.66. The zero-order valence-electron chi connectivity index (χ0n) is 11.2. The summed E-state index contributed by atoms with van der Waals surface area (Å²) in [6.45, 7) is 5.25.